The predicted octanol–water partition coefficient (Wildman–Crippen LogP) is 4.91. The standard InChI is InChI=1S/C10H12Br2O.C2H6/c1-2-13-7-9-5-8(6-11)3-4-10(9)12;1-2/h3-5H,2,6-7H2,1H3;1-2H3. The van der Waals surface area contributed by atoms with Crippen molar-refractivity contribution < 1.29 is 4.74 Å². The summed E-state index contributed by atoms with van der Waals surface area (Å²) in [6.45, 7) is 7.44. The summed E-state index contributed by atoms with van der Waals surface area (Å²) in [4.78, 5) is 0. The molecular weight excluding hydrogens is 320 g/mol. The van der Waals surface area contributed by atoms with Crippen LogP contribution in [0, 0.1) is 0 Å². The van der Waals surface area contributed by atoms with Crippen LogP contribution >= 0.6 is 31.9 Å². The molecule has 0 bridgehead atoms. The zero-order valence-electron chi connectivity index (χ0n) is 9.52. The fraction of sp³-hybridized carbons (Fsp3) is 0.500. The van der Waals surface area contributed by atoms with Crippen molar-refractivity contribution in [3.8, 4) is 0 Å². The molecular formula is C12H18Br2O. The van der Waals surface area contributed by atoms with Crippen molar-refractivity contribution in [3.05, 3.63) is 33.8 Å². The maximum absolute atomic E-state index is 5.35. The van der Waals surface area contributed by atoms with Crippen LogP contribution in [-0.4, -0.2) is 6.61 Å². The summed E-state index contributed by atoms with van der Waals surface area (Å²) >= 11 is 6.92. The van der Waals surface area contributed by atoms with Crippen molar-refractivity contribution >= 4 is 31.9 Å². The van der Waals surface area contributed by atoms with Crippen LogP contribution in [0.3, 0.4) is 0 Å². The third-order valence-corrected chi connectivity index (χ3v) is 3.15. The smallest absolute Gasteiger partial charge is 0.0727 e. The van der Waals surface area contributed by atoms with Crippen LogP contribution in [0.25, 0.3) is 0 Å². The molecule has 0 radical (unpaired) electrons. The van der Waals surface area contributed by atoms with Gasteiger partial charge in [0.25, 0.3) is 0 Å². The van der Waals surface area contributed by atoms with Gasteiger partial charge in [0.05, 0.1) is 6.61 Å². The lowest BCUT2D eigenvalue weighted by atomic mass is 10.1. The summed E-state index contributed by atoms with van der Waals surface area (Å²) in [6, 6.07) is 6.30. The lowest BCUT2D eigenvalue weighted by Crippen LogP contribution is -1.94. The molecule has 0 aliphatic rings. The molecule has 0 saturated heterocycles. The van der Waals surface area contributed by atoms with Gasteiger partial charge < -0.3 is 4.74 Å². The van der Waals surface area contributed by atoms with Crippen LogP contribution in [0.5, 0.6) is 0 Å². The molecule has 0 unspecified atom stereocenters. The highest BCUT2D eigenvalue weighted by Gasteiger charge is 2.00. The van der Waals surface area contributed by atoms with Crippen LogP contribution in [0.15, 0.2) is 22.7 Å². The summed E-state index contributed by atoms with van der Waals surface area (Å²) < 4.78 is 6.47. The molecule has 1 aromatic rings. The number of ether oxygens (including phenoxy) is 1. The van der Waals surface area contributed by atoms with E-state index in [1.165, 1.54) is 11.1 Å². The molecule has 0 atom stereocenters. The molecule has 1 aromatic carbocycles. The Kier molecular flexibility index (Phi) is 9.46. The molecule has 86 valence electrons. The molecule has 0 aromatic heterocycles. The quantitative estimate of drug-likeness (QED) is 0.709. The molecule has 1 rings (SSSR count). The number of hydrogen-bond donors (Lipinski definition) is 0. The lowest BCUT2D eigenvalue weighted by Gasteiger charge is -2.06. The average Bonchev–Trinajstić information content (AvgIpc) is 2.31. The van der Waals surface area contributed by atoms with E-state index in [1.807, 2.05) is 20.8 Å². The first kappa shape index (κ1) is 15.1. The van der Waals surface area contributed by atoms with Gasteiger partial charge in [-0.25, -0.2) is 0 Å². The highest BCUT2D eigenvalue weighted by atomic mass is 79.9. The Morgan fingerprint density at radius 1 is 1.27 bits per heavy atom. The Morgan fingerprint density at radius 3 is 2.47 bits per heavy atom. The fourth-order valence-electron chi connectivity index (χ4n) is 1.03. The Morgan fingerprint density at radius 2 is 1.93 bits per heavy atom. The largest absolute Gasteiger partial charge is 0.377 e. The van der Waals surface area contributed by atoms with Crippen LogP contribution < -0.4 is 0 Å². The van der Waals surface area contributed by atoms with Gasteiger partial charge in [-0.15, -0.1) is 0 Å². The van der Waals surface area contributed by atoms with Gasteiger partial charge in [-0.05, 0) is 24.1 Å². The number of rotatable bonds is 4. The summed E-state index contributed by atoms with van der Waals surface area (Å²) in [5.74, 6) is 0. The molecule has 0 spiro atoms. The van der Waals surface area contributed by atoms with E-state index in [0.29, 0.717) is 6.61 Å². The maximum atomic E-state index is 5.35. The summed E-state index contributed by atoms with van der Waals surface area (Å²) in [5.41, 5.74) is 2.48. The second-order valence-corrected chi connectivity index (χ2v) is 4.11. The average molecular weight is 338 g/mol. The molecule has 1 nitrogen and oxygen atoms in total. The van der Waals surface area contributed by atoms with Gasteiger partial charge in [0, 0.05) is 16.4 Å². The van der Waals surface area contributed by atoms with E-state index in [1.54, 1.807) is 0 Å². The van der Waals surface area contributed by atoms with Gasteiger partial charge in [0.15, 0.2) is 0 Å². The second kappa shape index (κ2) is 9.37. The van der Waals surface area contributed by atoms with Crippen LogP contribution in [0.1, 0.15) is 31.9 Å². The Labute approximate surface area is 109 Å². The molecule has 0 heterocycles. The second-order valence-electron chi connectivity index (χ2n) is 2.70. The maximum Gasteiger partial charge on any atom is 0.0727 e. The van der Waals surface area contributed by atoms with Gasteiger partial charge in [-0.2, -0.15) is 0 Å². The summed E-state index contributed by atoms with van der Waals surface area (Å²) in [5, 5.41) is 0.888. The van der Waals surface area contributed by atoms with Gasteiger partial charge in [0.2, 0.25) is 0 Å². The minimum Gasteiger partial charge on any atom is -0.377 e. The fourth-order valence-corrected chi connectivity index (χ4v) is 1.74. The first-order valence-electron chi connectivity index (χ1n) is 5.19. The van der Waals surface area contributed by atoms with E-state index in [2.05, 4.69) is 50.1 Å². The number of alkyl halides is 1. The molecule has 0 aliphatic carbocycles. The van der Waals surface area contributed by atoms with Crippen LogP contribution in [0.2, 0.25) is 0 Å². The molecule has 0 N–H and O–H groups in total. The monoisotopic (exact) mass is 336 g/mol. The minimum absolute atomic E-state index is 0.678. The molecule has 0 saturated carbocycles. The zero-order valence-corrected chi connectivity index (χ0v) is 12.7. The van der Waals surface area contributed by atoms with Crippen molar-refractivity contribution in [1.29, 1.82) is 0 Å². The van der Waals surface area contributed by atoms with Crippen LogP contribution in [0.4, 0.5) is 0 Å². The molecule has 15 heavy (non-hydrogen) atoms. The van der Waals surface area contributed by atoms with E-state index in [9.17, 15) is 0 Å². The molecule has 0 aliphatic heterocycles. The normalized spacial score (nSPS) is 9.40. The van der Waals surface area contributed by atoms with Gasteiger partial charge >= 0.3 is 0 Å². The van der Waals surface area contributed by atoms with E-state index in [0.717, 1.165) is 16.4 Å². The minimum atomic E-state index is 0.678. The highest BCUT2D eigenvalue weighted by molar-refractivity contribution is 9.10. The molecule has 0 amide bonds. The Balaban J connectivity index is 0.000000921. The predicted molar refractivity (Wildman–Crippen MR) is 73.5 cm³/mol. The van der Waals surface area contributed by atoms with E-state index in [4.69, 9.17) is 4.74 Å². The van der Waals surface area contributed by atoms with Gasteiger partial charge in [0.1, 0.15) is 0 Å². The summed E-state index contributed by atoms with van der Waals surface area (Å²) in [6.07, 6.45) is 0. The first-order valence-corrected chi connectivity index (χ1v) is 7.10. The number of benzene rings is 1. The van der Waals surface area contributed by atoms with Gasteiger partial charge in [-0.3, -0.25) is 0 Å². The topological polar surface area (TPSA) is 9.23 Å². The van der Waals surface area contributed by atoms with Crippen molar-refractivity contribution in [1.82, 2.24) is 0 Å². The molecule has 3 heteroatoms. The Hall–Kier alpha value is 0.140. The third-order valence-electron chi connectivity index (χ3n) is 1.73. The SMILES string of the molecule is CC.CCOCc1cc(CBr)ccc1Br. The van der Waals surface area contributed by atoms with Crippen molar-refractivity contribution in [2.24, 2.45) is 0 Å². The summed E-state index contributed by atoms with van der Waals surface area (Å²) in [7, 11) is 0. The van der Waals surface area contributed by atoms with E-state index in [-0.39, 0.29) is 0 Å². The van der Waals surface area contributed by atoms with E-state index < -0.39 is 0 Å². The number of halogens is 2. The zero-order chi connectivity index (χ0) is 11.7. The van der Waals surface area contributed by atoms with Crippen molar-refractivity contribution in [2.45, 2.75) is 32.7 Å². The Bertz CT molecular complexity index is 274. The highest BCUT2D eigenvalue weighted by Crippen LogP contribution is 2.20. The lowest BCUT2D eigenvalue weighted by molar-refractivity contribution is 0.133. The first-order chi connectivity index (χ1) is 7.27. The van der Waals surface area contributed by atoms with E-state index >= 15 is 0 Å². The third kappa shape index (κ3) is 5.69. The van der Waals surface area contributed by atoms with Gasteiger partial charge in [-0.1, -0.05) is 57.8 Å². The number of hydrogen-bond acceptors (Lipinski definition) is 1. The molecule has 0 fully saturated rings. The van der Waals surface area contributed by atoms with Crippen LogP contribution in [-0.2, 0) is 16.7 Å². The van der Waals surface area contributed by atoms with Crippen molar-refractivity contribution in [2.75, 3.05) is 6.61 Å². The van der Waals surface area contributed by atoms with Crippen molar-refractivity contribution in [3.63, 3.8) is 0 Å².